The summed E-state index contributed by atoms with van der Waals surface area (Å²) in [6.07, 6.45) is 5.04. The fourth-order valence-corrected chi connectivity index (χ4v) is 1.64. The lowest BCUT2D eigenvalue weighted by atomic mass is 10.2. The molecular formula is C11H9N5. The zero-order valence-corrected chi connectivity index (χ0v) is 8.41. The Morgan fingerprint density at radius 3 is 2.81 bits per heavy atom. The van der Waals surface area contributed by atoms with E-state index in [9.17, 15) is 0 Å². The summed E-state index contributed by atoms with van der Waals surface area (Å²) in [6, 6.07) is 7.79. The molecule has 0 radical (unpaired) electrons. The molecule has 0 saturated carbocycles. The Hall–Kier alpha value is -2.43. The largest absolute Gasteiger partial charge is 0.396 e. The monoisotopic (exact) mass is 211 g/mol. The summed E-state index contributed by atoms with van der Waals surface area (Å²) < 4.78 is 1.70. The van der Waals surface area contributed by atoms with Crippen molar-refractivity contribution >= 4 is 16.6 Å². The number of hydrogen-bond donors (Lipinski definition) is 1. The molecule has 0 unspecified atom stereocenters. The number of rotatable bonds is 1. The van der Waals surface area contributed by atoms with E-state index in [0.717, 1.165) is 16.6 Å². The van der Waals surface area contributed by atoms with Gasteiger partial charge in [-0.3, -0.25) is 0 Å². The van der Waals surface area contributed by atoms with Crippen LogP contribution >= 0.6 is 0 Å². The van der Waals surface area contributed by atoms with Crippen molar-refractivity contribution in [1.82, 2.24) is 20.0 Å². The number of hydrogen-bond acceptors (Lipinski definition) is 4. The number of nitrogens with two attached hydrogens (primary N) is 1. The summed E-state index contributed by atoms with van der Waals surface area (Å²) in [7, 11) is 0. The molecule has 0 saturated heterocycles. The molecule has 0 spiro atoms. The maximum atomic E-state index is 5.64. The van der Waals surface area contributed by atoms with Gasteiger partial charge in [-0.05, 0) is 6.07 Å². The molecule has 0 amide bonds. The topological polar surface area (TPSA) is 69.6 Å². The zero-order valence-electron chi connectivity index (χ0n) is 8.41. The first kappa shape index (κ1) is 8.84. The van der Waals surface area contributed by atoms with E-state index in [2.05, 4.69) is 15.3 Å². The second-order valence-corrected chi connectivity index (χ2v) is 3.47. The second kappa shape index (κ2) is 3.30. The van der Waals surface area contributed by atoms with Gasteiger partial charge in [-0.1, -0.05) is 18.2 Å². The first-order valence-electron chi connectivity index (χ1n) is 4.85. The number of aromatic nitrogens is 4. The predicted molar refractivity (Wildman–Crippen MR) is 61.1 cm³/mol. The lowest BCUT2D eigenvalue weighted by Gasteiger charge is -2.03. The molecule has 2 aromatic heterocycles. The highest BCUT2D eigenvalue weighted by atomic mass is 15.3. The maximum absolute atomic E-state index is 5.64. The number of nitrogens with zero attached hydrogens (tertiary/aromatic N) is 4. The number of benzene rings is 1. The molecular weight excluding hydrogens is 202 g/mol. The van der Waals surface area contributed by atoms with Crippen LogP contribution in [0.5, 0.6) is 0 Å². The minimum atomic E-state index is 0.626. The Morgan fingerprint density at radius 1 is 1.12 bits per heavy atom. The van der Waals surface area contributed by atoms with Crippen LogP contribution in [0.2, 0.25) is 0 Å². The molecule has 0 aliphatic heterocycles. The fourth-order valence-electron chi connectivity index (χ4n) is 1.64. The van der Waals surface area contributed by atoms with Crippen LogP contribution in [0.1, 0.15) is 0 Å². The normalized spacial score (nSPS) is 10.8. The van der Waals surface area contributed by atoms with Crippen LogP contribution in [-0.4, -0.2) is 20.0 Å². The molecule has 2 N–H and O–H groups in total. The van der Waals surface area contributed by atoms with Crippen molar-refractivity contribution < 1.29 is 0 Å². The van der Waals surface area contributed by atoms with Crippen molar-refractivity contribution in [2.45, 2.75) is 0 Å². The summed E-state index contributed by atoms with van der Waals surface area (Å²) in [6.45, 7) is 0. The molecule has 0 fully saturated rings. The standard InChI is InChI=1S/C11H9N5/c12-8-5-14-16(7-8)11-6-13-15-10-4-2-1-3-9(10)11/h1-7H,12H2. The molecule has 16 heavy (non-hydrogen) atoms. The first-order valence-corrected chi connectivity index (χ1v) is 4.85. The fraction of sp³-hybridized carbons (Fsp3) is 0. The smallest absolute Gasteiger partial charge is 0.0951 e. The third-order valence-corrected chi connectivity index (χ3v) is 2.37. The van der Waals surface area contributed by atoms with Gasteiger partial charge in [0.25, 0.3) is 0 Å². The van der Waals surface area contributed by atoms with Crippen molar-refractivity contribution in [1.29, 1.82) is 0 Å². The molecule has 78 valence electrons. The Bertz CT molecular complexity index is 638. The minimum Gasteiger partial charge on any atom is -0.396 e. The van der Waals surface area contributed by atoms with E-state index in [1.807, 2.05) is 24.3 Å². The molecule has 2 heterocycles. The van der Waals surface area contributed by atoms with Gasteiger partial charge in [0.1, 0.15) is 0 Å². The van der Waals surface area contributed by atoms with Gasteiger partial charge in [-0.2, -0.15) is 15.3 Å². The lowest BCUT2D eigenvalue weighted by Crippen LogP contribution is -1.98. The highest BCUT2D eigenvalue weighted by molar-refractivity contribution is 5.85. The van der Waals surface area contributed by atoms with Crippen LogP contribution in [0.15, 0.2) is 42.9 Å². The number of nitrogen functional groups attached to an aromatic ring is 1. The van der Waals surface area contributed by atoms with Gasteiger partial charge in [-0.25, -0.2) is 4.68 Å². The molecule has 5 heteroatoms. The Balaban J connectivity index is 2.31. The molecule has 0 bridgehead atoms. The highest BCUT2D eigenvalue weighted by Crippen LogP contribution is 2.18. The van der Waals surface area contributed by atoms with Crippen molar-refractivity contribution in [2.75, 3.05) is 5.73 Å². The van der Waals surface area contributed by atoms with Crippen LogP contribution < -0.4 is 5.73 Å². The molecule has 5 nitrogen and oxygen atoms in total. The molecule has 1 aromatic carbocycles. The average Bonchev–Trinajstić information content (AvgIpc) is 2.75. The van der Waals surface area contributed by atoms with E-state index >= 15 is 0 Å². The maximum Gasteiger partial charge on any atom is 0.0951 e. The van der Waals surface area contributed by atoms with Gasteiger partial charge in [0.05, 0.1) is 35.5 Å². The third kappa shape index (κ3) is 1.30. The van der Waals surface area contributed by atoms with Crippen molar-refractivity contribution in [3.8, 4) is 5.69 Å². The number of anilines is 1. The predicted octanol–water partition coefficient (Wildman–Crippen LogP) is 1.40. The SMILES string of the molecule is Nc1cnn(-c2cnnc3ccccc23)c1. The summed E-state index contributed by atoms with van der Waals surface area (Å²) >= 11 is 0. The van der Waals surface area contributed by atoms with E-state index < -0.39 is 0 Å². The summed E-state index contributed by atoms with van der Waals surface area (Å²) in [5, 5.41) is 13.2. The van der Waals surface area contributed by atoms with Gasteiger partial charge in [0, 0.05) is 5.39 Å². The van der Waals surface area contributed by atoms with E-state index in [-0.39, 0.29) is 0 Å². The van der Waals surface area contributed by atoms with Crippen molar-refractivity contribution in [2.24, 2.45) is 0 Å². The molecule has 0 aliphatic rings. The Labute approximate surface area is 91.5 Å². The number of fused-ring (bicyclic) bond motifs is 1. The molecule has 3 aromatic rings. The minimum absolute atomic E-state index is 0.626. The highest BCUT2D eigenvalue weighted by Gasteiger charge is 2.05. The van der Waals surface area contributed by atoms with Crippen LogP contribution in [-0.2, 0) is 0 Å². The van der Waals surface area contributed by atoms with Gasteiger partial charge < -0.3 is 5.73 Å². The van der Waals surface area contributed by atoms with Crippen molar-refractivity contribution in [3.05, 3.63) is 42.9 Å². The second-order valence-electron chi connectivity index (χ2n) is 3.47. The van der Waals surface area contributed by atoms with Crippen LogP contribution in [0, 0.1) is 0 Å². The van der Waals surface area contributed by atoms with Crippen LogP contribution in [0.4, 0.5) is 5.69 Å². The Morgan fingerprint density at radius 2 is 2.00 bits per heavy atom. The summed E-state index contributed by atoms with van der Waals surface area (Å²) in [5.41, 5.74) is 7.99. The van der Waals surface area contributed by atoms with Gasteiger partial charge in [-0.15, -0.1) is 0 Å². The van der Waals surface area contributed by atoms with Gasteiger partial charge in [0.15, 0.2) is 0 Å². The average molecular weight is 211 g/mol. The summed E-state index contributed by atoms with van der Waals surface area (Å²) in [4.78, 5) is 0. The van der Waals surface area contributed by atoms with Crippen LogP contribution in [0.3, 0.4) is 0 Å². The van der Waals surface area contributed by atoms with E-state index in [0.29, 0.717) is 5.69 Å². The third-order valence-electron chi connectivity index (χ3n) is 2.37. The van der Waals surface area contributed by atoms with E-state index in [1.54, 1.807) is 23.3 Å². The first-order chi connectivity index (χ1) is 7.84. The molecule has 0 atom stereocenters. The van der Waals surface area contributed by atoms with Crippen LogP contribution in [0.25, 0.3) is 16.6 Å². The van der Waals surface area contributed by atoms with E-state index in [4.69, 9.17) is 5.73 Å². The lowest BCUT2D eigenvalue weighted by molar-refractivity contribution is 0.873. The van der Waals surface area contributed by atoms with Crippen molar-refractivity contribution in [3.63, 3.8) is 0 Å². The summed E-state index contributed by atoms with van der Waals surface area (Å²) in [5.74, 6) is 0. The Kier molecular flexibility index (Phi) is 1.83. The molecule has 0 aliphatic carbocycles. The van der Waals surface area contributed by atoms with E-state index in [1.165, 1.54) is 0 Å². The van der Waals surface area contributed by atoms with Gasteiger partial charge >= 0.3 is 0 Å². The van der Waals surface area contributed by atoms with Gasteiger partial charge in [0.2, 0.25) is 0 Å². The zero-order chi connectivity index (χ0) is 11.0. The molecule has 3 rings (SSSR count). The quantitative estimate of drug-likeness (QED) is 0.660.